The molecule has 0 radical (unpaired) electrons. The number of nitrogens with zero attached hydrogens (tertiary/aromatic N) is 1. The average molecular weight is 534 g/mol. The fourth-order valence-electron chi connectivity index (χ4n) is 2.51. The molecule has 27 heavy (non-hydrogen) atoms. The Labute approximate surface area is 179 Å². The van der Waals surface area contributed by atoms with Crippen LogP contribution >= 0.6 is 38.5 Å². The summed E-state index contributed by atoms with van der Waals surface area (Å²) < 4.78 is 22.0. The van der Waals surface area contributed by atoms with Crippen LogP contribution in [0.3, 0.4) is 0 Å². The molecule has 0 N–H and O–H groups in total. The molecule has 2 nitrogen and oxygen atoms in total. The van der Waals surface area contributed by atoms with Crippen LogP contribution in [0.2, 0.25) is 0 Å². The monoisotopic (exact) mass is 533 g/mol. The van der Waals surface area contributed by atoms with E-state index in [1.807, 2.05) is 42.5 Å². The molecule has 0 bridgehead atoms. The highest BCUT2D eigenvalue weighted by atomic mass is 127. The standard InChI is InChI=1S/C22H14BrFINO/c23-18-7-10-22(27-14-15-5-8-19(25)9-6-15)16(12-18)11-17(13-26)20-3-1-2-4-21(20)24/h1-12H,14H2/b17-11-. The molecule has 0 saturated heterocycles. The molecule has 3 aromatic rings. The fraction of sp³-hybridized carbons (Fsp3) is 0.0455. The summed E-state index contributed by atoms with van der Waals surface area (Å²) in [4.78, 5) is 0. The van der Waals surface area contributed by atoms with Gasteiger partial charge in [0.1, 0.15) is 18.2 Å². The Morgan fingerprint density at radius 2 is 1.85 bits per heavy atom. The Bertz CT molecular complexity index is 1030. The van der Waals surface area contributed by atoms with Gasteiger partial charge in [-0.25, -0.2) is 4.39 Å². The zero-order valence-electron chi connectivity index (χ0n) is 14.1. The van der Waals surface area contributed by atoms with Crippen molar-refractivity contribution in [1.82, 2.24) is 0 Å². The van der Waals surface area contributed by atoms with Gasteiger partial charge in [0, 0.05) is 19.2 Å². The van der Waals surface area contributed by atoms with Gasteiger partial charge in [-0.1, -0.05) is 46.3 Å². The third kappa shape index (κ3) is 5.18. The van der Waals surface area contributed by atoms with Crippen LogP contribution in [0.4, 0.5) is 4.39 Å². The fourth-order valence-corrected chi connectivity index (χ4v) is 3.25. The maximum absolute atomic E-state index is 14.1. The summed E-state index contributed by atoms with van der Waals surface area (Å²) in [6.07, 6.45) is 1.65. The maximum Gasteiger partial charge on any atom is 0.131 e. The Hall–Kier alpha value is -2.17. The topological polar surface area (TPSA) is 33.0 Å². The van der Waals surface area contributed by atoms with Gasteiger partial charge in [0.2, 0.25) is 0 Å². The number of ether oxygens (including phenoxy) is 1. The molecule has 0 amide bonds. The first-order valence-corrected chi connectivity index (χ1v) is 9.97. The summed E-state index contributed by atoms with van der Waals surface area (Å²) in [6, 6.07) is 21.9. The van der Waals surface area contributed by atoms with E-state index in [0.29, 0.717) is 17.9 Å². The molecule has 0 aliphatic heterocycles. The van der Waals surface area contributed by atoms with E-state index in [2.05, 4.69) is 44.6 Å². The lowest BCUT2D eigenvalue weighted by Gasteiger charge is -2.11. The summed E-state index contributed by atoms with van der Waals surface area (Å²) in [5.41, 5.74) is 2.26. The van der Waals surface area contributed by atoms with Gasteiger partial charge in [0.05, 0.1) is 11.6 Å². The van der Waals surface area contributed by atoms with Crippen molar-refractivity contribution in [1.29, 1.82) is 5.26 Å². The number of allylic oxidation sites excluding steroid dienone is 1. The van der Waals surface area contributed by atoms with Crippen molar-refractivity contribution in [2.75, 3.05) is 0 Å². The molecular weight excluding hydrogens is 520 g/mol. The second-order valence-corrected chi connectivity index (χ2v) is 7.91. The summed E-state index contributed by atoms with van der Waals surface area (Å²) in [6.45, 7) is 0.404. The van der Waals surface area contributed by atoms with Gasteiger partial charge < -0.3 is 4.74 Å². The predicted octanol–water partition coefficient (Wildman–Crippen LogP) is 6.84. The highest BCUT2D eigenvalue weighted by Gasteiger charge is 2.10. The zero-order valence-corrected chi connectivity index (χ0v) is 17.9. The Morgan fingerprint density at radius 3 is 2.56 bits per heavy atom. The number of nitriles is 1. The first-order valence-electron chi connectivity index (χ1n) is 8.10. The van der Waals surface area contributed by atoms with Crippen LogP contribution in [0.5, 0.6) is 5.75 Å². The second kappa shape index (κ2) is 9.16. The molecule has 0 saturated carbocycles. The van der Waals surface area contributed by atoms with Gasteiger partial charge in [-0.2, -0.15) is 5.26 Å². The van der Waals surface area contributed by atoms with Crippen molar-refractivity contribution in [2.45, 2.75) is 6.61 Å². The number of hydrogen-bond acceptors (Lipinski definition) is 2. The minimum Gasteiger partial charge on any atom is -0.488 e. The van der Waals surface area contributed by atoms with Crippen molar-refractivity contribution >= 4 is 50.2 Å². The molecule has 3 rings (SSSR count). The minimum absolute atomic E-state index is 0.241. The van der Waals surface area contributed by atoms with E-state index in [0.717, 1.165) is 13.6 Å². The van der Waals surface area contributed by atoms with Gasteiger partial charge in [0.15, 0.2) is 0 Å². The van der Waals surface area contributed by atoms with Gasteiger partial charge in [-0.3, -0.25) is 0 Å². The summed E-state index contributed by atoms with van der Waals surface area (Å²) in [5, 5.41) is 9.52. The van der Waals surface area contributed by atoms with Crippen molar-refractivity contribution in [2.24, 2.45) is 0 Å². The number of benzene rings is 3. The first-order chi connectivity index (χ1) is 13.1. The Morgan fingerprint density at radius 1 is 1.11 bits per heavy atom. The molecule has 0 fully saturated rings. The third-order valence-electron chi connectivity index (χ3n) is 3.86. The molecule has 0 aliphatic carbocycles. The summed E-state index contributed by atoms with van der Waals surface area (Å²) >= 11 is 5.70. The van der Waals surface area contributed by atoms with E-state index in [1.54, 1.807) is 24.3 Å². The van der Waals surface area contributed by atoms with Crippen LogP contribution in [-0.2, 0) is 6.61 Å². The van der Waals surface area contributed by atoms with Gasteiger partial charge in [-0.15, -0.1) is 0 Å². The highest BCUT2D eigenvalue weighted by Crippen LogP contribution is 2.29. The van der Waals surface area contributed by atoms with E-state index in [9.17, 15) is 9.65 Å². The van der Waals surface area contributed by atoms with E-state index < -0.39 is 5.82 Å². The maximum atomic E-state index is 14.1. The molecule has 3 aromatic carbocycles. The minimum atomic E-state index is -0.429. The molecule has 0 heterocycles. The van der Waals surface area contributed by atoms with Crippen molar-refractivity contribution in [3.63, 3.8) is 0 Å². The molecule has 0 spiro atoms. The van der Waals surface area contributed by atoms with Crippen molar-refractivity contribution in [3.8, 4) is 11.8 Å². The summed E-state index contributed by atoms with van der Waals surface area (Å²) in [5.74, 6) is 0.197. The highest BCUT2D eigenvalue weighted by molar-refractivity contribution is 14.1. The summed E-state index contributed by atoms with van der Waals surface area (Å²) in [7, 11) is 0. The van der Waals surface area contributed by atoms with Crippen molar-refractivity contribution < 1.29 is 9.13 Å². The number of rotatable bonds is 5. The lowest BCUT2D eigenvalue weighted by atomic mass is 10.0. The Balaban J connectivity index is 1.92. The molecule has 0 atom stereocenters. The van der Waals surface area contributed by atoms with Crippen molar-refractivity contribution in [3.05, 3.63) is 97.3 Å². The van der Waals surface area contributed by atoms with Crippen LogP contribution in [0.25, 0.3) is 11.6 Å². The van der Waals surface area contributed by atoms with E-state index in [-0.39, 0.29) is 11.1 Å². The van der Waals surface area contributed by atoms with Crippen LogP contribution in [0.15, 0.2) is 71.2 Å². The molecule has 0 aromatic heterocycles. The average Bonchev–Trinajstić information content (AvgIpc) is 2.67. The number of halogens is 3. The smallest absolute Gasteiger partial charge is 0.131 e. The van der Waals surface area contributed by atoms with Gasteiger partial charge in [-0.05, 0) is 70.6 Å². The SMILES string of the molecule is N#C/C(=C/c1cc(Br)ccc1OCc1ccc(I)cc1)c1ccccc1F. The van der Waals surface area contributed by atoms with Crippen LogP contribution in [-0.4, -0.2) is 0 Å². The third-order valence-corrected chi connectivity index (χ3v) is 5.08. The molecular formula is C22H14BrFINO. The quantitative estimate of drug-likeness (QED) is 0.204. The van der Waals surface area contributed by atoms with E-state index in [1.165, 1.54) is 6.07 Å². The largest absolute Gasteiger partial charge is 0.488 e. The normalized spacial score (nSPS) is 11.1. The Kier molecular flexibility index (Phi) is 6.64. The van der Waals surface area contributed by atoms with E-state index in [4.69, 9.17) is 4.74 Å². The molecule has 0 unspecified atom stereocenters. The van der Waals surface area contributed by atoms with E-state index >= 15 is 0 Å². The lowest BCUT2D eigenvalue weighted by Crippen LogP contribution is -1.97. The molecule has 134 valence electrons. The first kappa shape index (κ1) is 19.6. The zero-order chi connectivity index (χ0) is 19.2. The second-order valence-electron chi connectivity index (χ2n) is 5.75. The van der Waals surface area contributed by atoms with Crippen LogP contribution < -0.4 is 4.74 Å². The molecule has 0 aliphatic rings. The van der Waals surface area contributed by atoms with Gasteiger partial charge >= 0.3 is 0 Å². The lowest BCUT2D eigenvalue weighted by molar-refractivity contribution is 0.305. The van der Waals surface area contributed by atoms with Crippen LogP contribution in [0, 0.1) is 20.7 Å². The number of hydrogen-bond donors (Lipinski definition) is 0. The van der Waals surface area contributed by atoms with Gasteiger partial charge in [0.25, 0.3) is 0 Å². The predicted molar refractivity (Wildman–Crippen MR) is 118 cm³/mol. The molecule has 5 heteroatoms. The van der Waals surface area contributed by atoms with Crippen LogP contribution in [0.1, 0.15) is 16.7 Å².